The molecule has 2 aromatic carbocycles. The molecule has 46 heavy (non-hydrogen) atoms. The molecule has 11 nitrogen and oxygen atoms in total. The smallest absolute Gasteiger partial charge is 0.187 e. The third kappa shape index (κ3) is 10.8. The molecule has 0 saturated carbocycles. The van der Waals surface area contributed by atoms with Crippen molar-refractivity contribution in [2.75, 3.05) is 26.9 Å². The summed E-state index contributed by atoms with van der Waals surface area (Å²) in [5.41, 5.74) is 1.90. The van der Waals surface area contributed by atoms with Crippen LogP contribution < -0.4 is 0 Å². The number of hydrogen-bond donors (Lipinski definition) is 4. The largest absolute Gasteiger partial charge is 0.387 e. The number of aliphatic hydroxyl groups is 4. The number of rotatable bonds is 19. The molecule has 11 heteroatoms. The van der Waals surface area contributed by atoms with Crippen LogP contribution in [-0.2, 0) is 46.4 Å². The van der Waals surface area contributed by atoms with Crippen LogP contribution in [0.1, 0.15) is 56.6 Å². The zero-order valence-corrected chi connectivity index (χ0v) is 27.0. The van der Waals surface area contributed by atoms with E-state index in [1.165, 1.54) is 26.4 Å². The third-order valence-corrected chi connectivity index (χ3v) is 8.41. The average Bonchev–Trinajstić information content (AvgIpc) is 3.07. The summed E-state index contributed by atoms with van der Waals surface area (Å²) in [5, 5.41) is 44.3. The highest BCUT2D eigenvalue weighted by Gasteiger charge is 2.51. The zero-order valence-electron chi connectivity index (χ0n) is 27.0. The van der Waals surface area contributed by atoms with Gasteiger partial charge in [0.1, 0.15) is 48.8 Å². The van der Waals surface area contributed by atoms with Gasteiger partial charge in [0.05, 0.1) is 26.4 Å². The van der Waals surface area contributed by atoms with Crippen LogP contribution in [0, 0.1) is 0 Å². The van der Waals surface area contributed by atoms with Gasteiger partial charge in [-0.2, -0.15) is 0 Å². The van der Waals surface area contributed by atoms with E-state index >= 15 is 0 Å². The number of hydrogen-bond acceptors (Lipinski definition) is 11. The number of benzene rings is 2. The lowest BCUT2D eigenvalue weighted by Crippen LogP contribution is -2.65. The Hall–Kier alpha value is -2.00. The molecule has 4 rings (SSSR count). The molecule has 10 atom stereocenters. The van der Waals surface area contributed by atoms with E-state index in [0.29, 0.717) is 13.2 Å². The highest BCUT2D eigenvalue weighted by Crippen LogP contribution is 2.31. The molecule has 0 bridgehead atoms. The molecule has 2 fully saturated rings. The normalized spacial score (nSPS) is 31.6. The van der Waals surface area contributed by atoms with Crippen LogP contribution in [0.25, 0.3) is 0 Å². The predicted octanol–water partition coefficient (Wildman–Crippen LogP) is 3.09. The summed E-state index contributed by atoms with van der Waals surface area (Å²) >= 11 is 0. The molecule has 2 heterocycles. The lowest BCUT2D eigenvalue weighted by molar-refractivity contribution is -0.362. The van der Waals surface area contributed by atoms with Gasteiger partial charge in [-0.1, -0.05) is 99.7 Å². The molecule has 0 aliphatic carbocycles. The van der Waals surface area contributed by atoms with Gasteiger partial charge in [0, 0.05) is 13.7 Å². The second-order valence-electron chi connectivity index (χ2n) is 12.0. The van der Waals surface area contributed by atoms with E-state index in [2.05, 4.69) is 6.92 Å². The van der Waals surface area contributed by atoms with Crippen molar-refractivity contribution in [2.45, 2.75) is 120 Å². The number of methoxy groups -OCH3 is 1. The first-order valence-corrected chi connectivity index (χ1v) is 16.5. The van der Waals surface area contributed by atoms with E-state index in [-0.39, 0.29) is 19.8 Å². The zero-order chi connectivity index (χ0) is 32.7. The lowest BCUT2D eigenvalue weighted by atomic mass is 9.96. The topological polar surface area (TPSA) is 146 Å². The molecule has 0 radical (unpaired) electrons. The monoisotopic (exact) mass is 648 g/mol. The van der Waals surface area contributed by atoms with Crippen LogP contribution in [-0.4, -0.2) is 109 Å². The Morgan fingerprint density at radius 2 is 1.17 bits per heavy atom. The van der Waals surface area contributed by atoms with Crippen molar-refractivity contribution in [1.82, 2.24) is 0 Å². The van der Waals surface area contributed by atoms with Crippen LogP contribution in [0.3, 0.4) is 0 Å². The van der Waals surface area contributed by atoms with Crippen molar-refractivity contribution >= 4 is 0 Å². The van der Waals surface area contributed by atoms with Gasteiger partial charge in [0.25, 0.3) is 0 Å². The van der Waals surface area contributed by atoms with Crippen molar-refractivity contribution in [3.05, 3.63) is 71.8 Å². The van der Waals surface area contributed by atoms with Gasteiger partial charge in [-0.15, -0.1) is 0 Å². The number of unbranched alkanes of at least 4 members (excludes halogenated alkanes) is 5. The van der Waals surface area contributed by atoms with Gasteiger partial charge in [0.15, 0.2) is 12.6 Å². The highest BCUT2D eigenvalue weighted by molar-refractivity contribution is 5.14. The van der Waals surface area contributed by atoms with Gasteiger partial charge < -0.3 is 53.6 Å². The standard InChI is InChI=1S/C35H52O11/c1-3-4-5-6-7-14-19-43-34-30(38)29(37)32(27(45-34)23-42-21-25-17-12-9-13-18-25)46-35-31(39)33(40-2)28(36)26(44-35)22-41-20-24-15-10-8-11-16-24/h8-13,15-18,26-39H,3-7,14,19-23H2,1-2H3/t26-,27-,28-,29-,30+,31+,32-,33+,34+,35-/m1/s1. The van der Waals surface area contributed by atoms with E-state index < -0.39 is 61.4 Å². The summed E-state index contributed by atoms with van der Waals surface area (Å²) in [7, 11) is 1.37. The van der Waals surface area contributed by atoms with Crippen molar-refractivity contribution in [3.8, 4) is 0 Å². The maximum absolute atomic E-state index is 11.3. The van der Waals surface area contributed by atoms with Crippen molar-refractivity contribution < 1.29 is 53.6 Å². The highest BCUT2D eigenvalue weighted by atomic mass is 16.7. The minimum atomic E-state index is -1.45. The molecule has 0 spiro atoms. The Balaban J connectivity index is 1.40. The second kappa shape index (κ2) is 19.7. The van der Waals surface area contributed by atoms with Gasteiger partial charge in [-0.3, -0.25) is 0 Å². The summed E-state index contributed by atoms with van der Waals surface area (Å²) < 4.78 is 41.3. The minimum Gasteiger partial charge on any atom is -0.387 e. The molecule has 2 aliphatic heterocycles. The molecule has 2 saturated heterocycles. The third-order valence-electron chi connectivity index (χ3n) is 8.41. The van der Waals surface area contributed by atoms with Crippen LogP contribution in [0.15, 0.2) is 60.7 Å². The van der Waals surface area contributed by atoms with Crippen LogP contribution >= 0.6 is 0 Å². The predicted molar refractivity (Wildman–Crippen MR) is 169 cm³/mol. The van der Waals surface area contributed by atoms with Crippen LogP contribution in [0.4, 0.5) is 0 Å². The first kappa shape index (κ1) is 36.8. The maximum atomic E-state index is 11.3. The fourth-order valence-corrected chi connectivity index (χ4v) is 5.75. The Morgan fingerprint density at radius 3 is 1.78 bits per heavy atom. The lowest BCUT2D eigenvalue weighted by Gasteiger charge is -2.46. The van der Waals surface area contributed by atoms with E-state index in [4.69, 9.17) is 33.2 Å². The summed E-state index contributed by atoms with van der Waals surface area (Å²) in [6.45, 7) is 3.12. The first-order chi connectivity index (χ1) is 22.4. The Morgan fingerprint density at radius 1 is 0.609 bits per heavy atom. The molecule has 2 aromatic rings. The molecule has 4 N–H and O–H groups in total. The summed E-state index contributed by atoms with van der Waals surface area (Å²) in [6, 6.07) is 19.2. The maximum Gasteiger partial charge on any atom is 0.187 e. The molecule has 2 aliphatic rings. The van der Waals surface area contributed by atoms with Gasteiger partial charge in [0.2, 0.25) is 0 Å². The molecule has 258 valence electrons. The summed E-state index contributed by atoms with van der Waals surface area (Å²) in [6.07, 6.45) is -5.49. The van der Waals surface area contributed by atoms with Gasteiger partial charge in [-0.05, 0) is 17.5 Å². The Labute approximate surface area is 272 Å². The van der Waals surface area contributed by atoms with E-state index in [9.17, 15) is 20.4 Å². The molecule has 0 aromatic heterocycles. The summed E-state index contributed by atoms with van der Waals surface area (Å²) in [5.74, 6) is 0. The van der Waals surface area contributed by atoms with Crippen molar-refractivity contribution in [2.24, 2.45) is 0 Å². The Bertz CT molecular complexity index is 1080. The quantitative estimate of drug-likeness (QED) is 0.167. The number of ether oxygens (including phenoxy) is 7. The van der Waals surface area contributed by atoms with Gasteiger partial charge >= 0.3 is 0 Å². The summed E-state index contributed by atoms with van der Waals surface area (Å²) in [4.78, 5) is 0. The average molecular weight is 649 g/mol. The molecule has 0 unspecified atom stereocenters. The molecule has 0 amide bonds. The van der Waals surface area contributed by atoms with Gasteiger partial charge in [-0.25, -0.2) is 0 Å². The minimum absolute atomic E-state index is 0.00296. The number of aliphatic hydroxyl groups excluding tert-OH is 4. The van der Waals surface area contributed by atoms with E-state index in [1.54, 1.807) is 0 Å². The van der Waals surface area contributed by atoms with Crippen LogP contribution in [0.5, 0.6) is 0 Å². The SMILES string of the molecule is CCCCCCCCO[C@H]1O[C@H](COCc2ccccc2)[C@@H](O[C@H]2O[C@H](COCc3ccccc3)[C@@H](O)[C@H](OC)[C@@H]2O)[C@H](O)[C@@H]1O. The molecular formula is C35H52O11. The fraction of sp³-hybridized carbons (Fsp3) is 0.657. The van der Waals surface area contributed by atoms with E-state index in [1.807, 2.05) is 60.7 Å². The molecular weight excluding hydrogens is 596 g/mol. The van der Waals surface area contributed by atoms with E-state index in [0.717, 1.165) is 30.4 Å². The first-order valence-electron chi connectivity index (χ1n) is 16.5. The fourth-order valence-electron chi connectivity index (χ4n) is 5.75. The van der Waals surface area contributed by atoms with Crippen LogP contribution in [0.2, 0.25) is 0 Å². The van der Waals surface area contributed by atoms with Crippen molar-refractivity contribution in [1.29, 1.82) is 0 Å². The van der Waals surface area contributed by atoms with Crippen molar-refractivity contribution in [3.63, 3.8) is 0 Å². The Kier molecular flexibility index (Phi) is 15.8. The second-order valence-corrected chi connectivity index (χ2v) is 12.0.